The third kappa shape index (κ3) is 3.38. The molecule has 2 rings (SSSR count). The minimum Gasteiger partial charge on any atom is -0.349 e. The van der Waals surface area contributed by atoms with Crippen LogP contribution in [0.2, 0.25) is 0 Å². The molecule has 0 spiro atoms. The summed E-state index contributed by atoms with van der Waals surface area (Å²) >= 11 is 0. The highest BCUT2D eigenvalue weighted by Gasteiger charge is 2.10. The second-order valence-corrected chi connectivity index (χ2v) is 5.17. The molecule has 0 aliphatic heterocycles. The second-order valence-electron chi connectivity index (χ2n) is 5.17. The van der Waals surface area contributed by atoms with E-state index in [1.54, 1.807) is 19.2 Å². The van der Waals surface area contributed by atoms with Crippen molar-refractivity contribution in [3.8, 4) is 0 Å². The number of nitrogens with zero attached hydrogens (tertiary/aromatic N) is 2. The Bertz CT molecular complexity index is 563. The van der Waals surface area contributed by atoms with Gasteiger partial charge in [-0.25, -0.2) is 9.37 Å². The van der Waals surface area contributed by atoms with Crippen LogP contribution in [0.3, 0.4) is 0 Å². The summed E-state index contributed by atoms with van der Waals surface area (Å²) in [5.41, 5.74) is 1.60. The highest BCUT2D eigenvalue weighted by Crippen LogP contribution is 2.20. The maximum atomic E-state index is 13.6. The van der Waals surface area contributed by atoms with Gasteiger partial charge in [0, 0.05) is 18.9 Å². The fourth-order valence-electron chi connectivity index (χ4n) is 2.11. The van der Waals surface area contributed by atoms with Gasteiger partial charge in [0.1, 0.15) is 5.82 Å². The predicted molar refractivity (Wildman–Crippen MR) is 80.3 cm³/mol. The molecule has 0 radical (unpaired) electrons. The van der Waals surface area contributed by atoms with Gasteiger partial charge in [0.15, 0.2) is 0 Å². The molecule has 1 N–H and O–H groups in total. The molecule has 1 unspecified atom stereocenters. The second kappa shape index (κ2) is 6.55. The Hall–Kier alpha value is -1.84. The van der Waals surface area contributed by atoms with E-state index < -0.39 is 0 Å². The van der Waals surface area contributed by atoms with Crippen molar-refractivity contribution in [2.45, 2.75) is 46.2 Å². The summed E-state index contributed by atoms with van der Waals surface area (Å²) in [7, 11) is 0. The Morgan fingerprint density at radius 1 is 1.40 bits per heavy atom. The Morgan fingerprint density at radius 2 is 2.20 bits per heavy atom. The first-order valence-electron chi connectivity index (χ1n) is 7.15. The number of anilines is 1. The molecule has 1 heterocycles. The number of aromatic nitrogens is 2. The average molecular weight is 275 g/mol. The van der Waals surface area contributed by atoms with Gasteiger partial charge in [-0.1, -0.05) is 25.5 Å². The molecule has 20 heavy (non-hydrogen) atoms. The van der Waals surface area contributed by atoms with Gasteiger partial charge in [0.25, 0.3) is 0 Å². The smallest absolute Gasteiger partial charge is 0.203 e. The highest BCUT2D eigenvalue weighted by molar-refractivity contribution is 5.34. The van der Waals surface area contributed by atoms with Crippen LogP contribution in [0.4, 0.5) is 10.3 Å². The quantitative estimate of drug-likeness (QED) is 0.851. The van der Waals surface area contributed by atoms with E-state index in [1.165, 1.54) is 0 Å². The zero-order valence-electron chi connectivity index (χ0n) is 12.4. The van der Waals surface area contributed by atoms with Crippen LogP contribution in [-0.4, -0.2) is 9.55 Å². The number of hydrogen-bond acceptors (Lipinski definition) is 2. The number of rotatable bonds is 6. The van der Waals surface area contributed by atoms with E-state index in [4.69, 9.17) is 0 Å². The molecular formula is C16H22FN3. The summed E-state index contributed by atoms with van der Waals surface area (Å²) in [5.74, 6) is 0.678. The standard InChI is InChI=1S/C16H22FN3/c1-4-5-9-20-10-8-18-16(20)19-13(3)14-7-6-12(2)15(17)11-14/h6-8,10-11,13H,4-5,9H2,1-3H3,(H,18,19). The van der Waals surface area contributed by atoms with Crippen molar-refractivity contribution in [1.82, 2.24) is 9.55 Å². The molecule has 2 aromatic rings. The van der Waals surface area contributed by atoms with E-state index in [2.05, 4.69) is 21.8 Å². The van der Waals surface area contributed by atoms with Crippen molar-refractivity contribution in [2.75, 3.05) is 5.32 Å². The Labute approximate surface area is 119 Å². The lowest BCUT2D eigenvalue weighted by Crippen LogP contribution is -2.12. The molecule has 0 saturated carbocycles. The van der Waals surface area contributed by atoms with Crippen LogP contribution in [0.25, 0.3) is 0 Å². The van der Waals surface area contributed by atoms with Crippen molar-refractivity contribution >= 4 is 5.95 Å². The first kappa shape index (κ1) is 14.6. The lowest BCUT2D eigenvalue weighted by Gasteiger charge is -2.17. The number of imidazole rings is 1. The van der Waals surface area contributed by atoms with Gasteiger partial charge in [-0.3, -0.25) is 0 Å². The zero-order valence-corrected chi connectivity index (χ0v) is 12.4. The van der Waals surface area contributed by atoms with Crippen molar-refractivity contribution < 1.29 is 4.39 Å². The number of nitrogens with one attached hydrogen (secondary N) is 1. The third-order valence-corrected chi connectivity index (χ3v) is 3.51. The van der Waals surface area contributed by atoms with Gasteiger partial charge in [-0.05, 0) is 37.5 Å². The van der Waals surface area contributed by atoms with Crippen LogP contribution in [0.1, 0.15) is 43.9 Å². The van der Waals surface area contributed by atoms with Gasteiger partial charge in [-0.15, -0.1) is 0 Å². The number of benzene rings is 1. The van der Waals surface area contributed by atoms with Gasteiger partial charge < -0.3 is 9.88 Å². The minimum atomic E-state index is -0.162. The molecule has 0 aliphatic rings. The maximum Gasteiger partial charge on any atom is 0.203 e. The van der Waals surface area contributed by atoms with E-state index in [0.717, 1.165) is 30.9 Å². The number of halogens is 1. The Morgan fingerprint density at radius 3 is 2.90 bits per heavy atom. The largest absolute Gasteiger partial charge is 0.349 e. The Balaban J connectivity index is 2.09. The highest BCUT2D eigenvalue weighted by atomic mass is 19.1. The molecular weight excluding hydrogens is 253 g/mol. The third-order valence-electron chi connectivity index (χ3n) is 3.51. The van der Waals surface area contributed by atoms with E-state index >= 15 is 0 Å². The normalized spacial score (nSPS) is 12.4. The van der Waals surface area contributed by atoms with Gasteiger partial charge >= 0.3 is 0 Å². The summed E-state index contributed by atoms with van der Waals surface area (Å²) in [4.78, 5) is 4.33. The van der Waals surface area contributed by atoms with Crippen LogP contribution < -0.4 is 5.32 Å². The lowest BCUT2D eigenvalue weighted by molar-refractivity contribution is 0.612. The fraction of sp³-hybridized carbons (Fsp3) is 0.438. The first-order valence-corrected chi connectivity index (χ1v) is 7.15. The molecule has 3 nitrogen and oxygen atoms in total. The summed E-state index contributed by atoms with van der Waals surface area (Å²) in [6.07, 6.45) is 6.04. The molecule has 108 valence electrons. The Kier molecular flexibility index (Phi) is 4.77. The van der Waals surface area contributed by atoms with E-state index in [9.17, 15) is 4.39 Å². The van der Waals surface area contributed by atoms with Crippen LogP contribution in [0.15, 0.2) is 30.6 Å². The topological polar surface area (TPSA) is 29.9 Å². The molecule has 0 bridgehead atoms. The first-order chi connectivity index (χ1) is 9.61. The summed E-state index contributed by atoms with van der Waals surface area (Å²) < 4.78 is 15.7. The average Bonchev–Trinajstić information content (AvgIpc) is 2.86. The summed E-state index contributed by atoms with van der Waals surface area (Å²) in [5, 5.41) is 3.35. The van der Waals surface area contributed by atoms with Crippen molar-refractivity contribution in [1.29, 1.82) is 0 Å². The van der Waals surface area contributed by atoms with Crippen LogP contribution in [0, 0.1) is 12.7 Å². The monoisotopic (exact) mass is 275 g/mol. The fourth-order valence-corrected chi connectivity index (χ4v) is 2.11. The van der Waals surface area contributed by atoms with Crippen LogP contribution >= 0.6 is 0 Å². The van der Waals surface area contributed by atoms with Crippen molar-refractivity contribution in [3.05, 3.63) is 47.5 Å². The van der Waals surface area contributed by atoms with Crippen LogP contribution in [-0.2, 0) is 6.54 Å². The molecule has 0 aliphatic carbocycles. The van der Waals surface area contributed by atoms with Crippen LogP contribution in [0.5, 0.6) is 0 Å². The predicted octanol–water partition coefficient (Wildman–Crippen LogP) is 4.30. The van der Waals surface area contributed by atoms with E-state index in [0.29, 0.717) is 5.56 Å². The van der Waals surface area contributed by atoms with E-state index in [-0.39, 0.29) is 11.9 Å². The summed E-state index contributed by atoms with van der Waals surface area (Å²) in [6, 6.07) is 5.38. The maximum absolute atomic E-state index is 13.6. The molecule has 0 fully saturated rings. The SMILES string of the molecule is CCCCn1ccnc1NC(C)c1ccc(C)c(F)c1. The number of aryl methyl sites for hydroxylation is 2. The van der Waals surface area contributed by atoms with E-state index in [1.807, 2.05) is 25.3 Å². The molecule has 0 amide bonds. The van der Waals surface area contributed by atoms with Gasteiger partial charge in [-0.2, -0.15) is 0 Å². The molecule has 4 heteroatoms. The molecule has 1 atom stereocenters. The minimum absolute atomic E-state index is 0.0212. The molecule has 0 saturated heterocycles. The number of hydrogen-bond donors (Lipinski definition) is 1. The summed E-state index contributed by atoms with van der Waals surface area (Å²) in [6.45, 7) is 6.91. The molecule has 1 aromatic carbocycles. The molecule has 1 aromatic heterocycles. The van der Waals surface area contributed by atoms with Crippen molar-refractivity contribution in [2.24, 2.45) is 0 Å². The van der Waals surface area contributed by atoms with Gasteiger partial charge in [0.05, 0.1) is 6.04 Å². The zero-order chi connectivity index (χ0) is 14.5. The lowest BCUT2D eigenvalue weighted by atomic mass is 10.1. The van der Waals surface area contributed by atoms with Crippen molar-refractivity contribution in [3.63, 3.8) is 0 Å². The van der Waals surface area contributed by atoms with Gasteiger partial charge in [0.2, 0.25) is 5.95 Å². The number of unbranched alkanes of at least 4 members (excludes halogenated alkanes) is 1.